The highest BCUT2D eigenvalue weighted by atomic mass is 16.3. The Bertz CT molecular complexity index is 1440. The molecular formula is C35H30O5. The van der Waals surface area contributed by atoms with Gasteiger partial charge in [-0.25, -0.2) is 0 Å². The Kier molecular flexibility index (Phi) is 6.56. The van der Waals surface area contributed by atoms with E-state index in [0.717, 1.165) is 55.6 Å². The lowest BCUT2D eigenvalue weighted by Gasteiger charge is -2.12. The maximum atomic E-state index is 10.7. The number of aromatic hydroxyl groups is 5. The molecule has 10 aliphatic carbocycles. The molecule has 0 radical (unpaired) electrons. The van der Waals surface area contributed by atoms with Gasteiger partial charge in [0.05, 0.1) is 0 Å². The Labute approximate surface area is 232 Å². The summed E-state index contributed by atoms with van der Waals surface area (Å²) in [5.74, 6) is 0.820. The molecule has 0 atom stereocenters. The normalized spacial score (nSPS) is 13.0. The molecule has 5 aromatic carbocycles. The Morgan fingerprint density at radius 3 is 0.600 bits per heavy atom. The molecular weight excluding hydrogens is 500 g/mol. The van der Waals surface area contributed by atoms with Gasteiger partial charge in [-0.2, -0.15) is 0 Å². The predicted molar refractivity (Wildman–Crippen MR) is 155 cm³/mol. The second-order valence-electron chi connectivity index (χ2n) is 10.7. The molecule has 40 heavy (non-hydrogen) atoms. The van der Waals surface area contributed by atoms with Crippen LogP contribution >= 0.6 is 0 Å². The summed E-state index contributed by atoms with van der Waals surface area (Å²) in [6.07, 6.45) is 2.30. The first-order valence-corrected chi connectivity index (χ1v) is 13.3. The van der Waals surface area contributed by atoms with Crippen molar-refractivity contribution in [2.75, 3.05) is 0 Å². The minimum Gasteiger partial charge on any atom is -0.508 e. The van der Waals surface area contributed by atoms with E-state index in [2.05, 4.69) is 0 Å². The molecule has 0 aromatic heterocycles. The molecule has 0 spiro atoms. The van der Waals surface area contributed by atoms with Gasteiger partial charge in [0, 0.05) is 32.1 Å². The average molecular weight is 531 g/mol. The number of hydrogen-bond donors (Lipinski definition) is 5. The highest BCUT2D eigenvalue weighted by Crippen LogP contribution is 2.32. The summed E-state index contributed by atoms with van der Waals surface area (Å²) in [4.78, 5) is 0. The van der Waals surface area contributed by atoms with Crippen LogP contribution in [0.15, 0.2) is 91.0 Å². The lowest BCUT2D eigenvalue weighted by Crippen LogP contribution is -1.95. The van der Waals surface area contributed by atoms with Crippen LogP contribution in [0.3, 0.4) is 0 Å². The first-order valence-electron chi connectivity index (χ1n) is 13.3. The zero-order valence-electron chi connectivity index (χ0n) is 21.9. The van der Waals surface area contributed by atoms with Gasteiger partial charge in [0.15, 0.2) is 0 Å². The molecule has 0 amide bonds. The Balaban J connectivity index is 1.39. The van der Waals surface area contributed by atoms with Gasteiger partial charge in [-0.05, 0) is 86.0 Å². The molecule has 10 aliphatic rings. The lowest BCUT2D eigenvalue weighted by molar-refractivity contribution is 0.464. The SMILES string of the molecule is Oc1cc2ccc1Cc1ccc(c(O)c1)Cc1ccc(c(O)c1)Cc1ccc(c(O)c1)Cc1ccc(c(O)c1)C2. The van der Waals surface area contributed by atoms with Crippen LogP contribution in [-0.2, 0) is 32.1 Å². The summed E-state index contributed by atoms with van der Waals surface area (Å²) in [6.45, 7) is 0. The van der Waals surface area contributed by atoms with E-state index in [1.54, 1.807) is 30.3 Å². The third-order valence-corrected chi connectivity index (χ3v) is 7.72. The second-order valence-corrected chi connectivity index (χ2v) is 10.7. The highest BCUT2D eigenvalue weighted by molar-refractivity contribution is 5.49. The van der Waals surface area contributed by atoms with Crippen molar-refractivity contribution < 1.29 is 25.5 Å². The summed E-state index contributed by atoms with van der Waals surface area (Å²) in [7, 11) is 0. The molecule has 5 N–H and O–H groups in total. The van der Waals surface area contributed by atoms with Crippen LogP contribution in [0.25, 0.3) is 0 Å². The minimum absolute atomic E-state index is 0.164. The third kappa shape index (κ3) is 5.32. The van der Waals surface area contributed by atoms with Gasteiger partial charge in [-0.15, -0.1) is 0 Å². The molecule has 15 rings (SSSR count). The van der Waals surface area contributed by atoms with E-state index < -0.39 is 0 Å². The number of phenols is 5. The van der Waals surface area contributed by atoms with Crippen molar-refractivity contribution in [2.45, 2.75) is 32.1 Å². The van der Waals surface area contributed by atoms with Crippen molar-refractivity contribution in [3.05, 3.63) is 147 Å². The summed E-state index contributed by atoms with van der Waals surface area (Å²) in [5.41, 5.74) is 8.07. The monoisotopic (exact) mass is 530 g/mol. The van der Waals surface area contributed by atoms with Gasteiger partial charge < -0.3 is 25.5 Å². The van der Waals surface area contributed by atoms with Crippen molar-refractivity contribution in [3.8, 4) is 28.7 Å². The molecule has 5 heteroatoms. The van der Waals surface area contributed by atoms with E-state index in [1.807, 2.05) is 60.7 Å². The van der Waals surface area contributed by atoms with Crippen LogP contribution in [0.1, 0.15) is 55.6 Å². The number of benzene rings is 5. The van der Waals surface area contributed by atoms with E-state index in [9.17, 15) is 25.5 Å². The summed E-state index contributed by atoms with van der Waals surface area (Å²) < 4.78 is 0. The largest absolute Gasteiger partial charge is 0.508 e. The molecule has 5 nitrogen and oxygen atoms in total. The van der Waals surface area contributed by atoms with Crippen molar-refractivity contribution in [3.63, 3.8) is 0 Å². The van der Waals surface area contributed by atoms with Crippen molar-refractivity contribution in [1.82, 2.24) is 0 Å². The van der Waals surface area contributed by atoms with Crippen LogP contribution < -0.4 is 0 Å². The fourth-order valence-electron chi connectivity index (χ4n) is 5.44. The first-order chi connectivity index (χ1) is 19.3. The third-order valence-electron chi connectivity index (χ3n) is 7.72. The summed E-state index contributed by atoms with van der Waals surface area (Å²) in [6, 6.07) is 27.6. The zero-order chi connectivity index (χ0) is 27.8. The molecule has 0 saturated carbocycles. The van der Waals surface area contributed by atoms with Crippen molar-refractivity contribution >= 4 is 0 Å². The molecule has 200 valence electrons. The Morgan fingerprint density at radius 2 is 0.450 bits per heavy atom. The fourth-order valence-corrected chi connectivity index (χ4v) is 5.44. The van der Waals surface area contributed by atoms with E-state index >= 15 is 0 Å². The lowest BCUT2D eigenvalue weighted by atomic mass is 9.96. The summed E-state index contributed by atoms with van der Waals surface area (Å²) >= 11 is 0. The highest BCUT2D eigenvalue weighted by Gasteiger charge is 2.13. The maximum absolute atomic E-state index is 10.7. The molecule has 0 heterocycles. The van der Waals surface area contributed by atoms with E-state index in [-0.39, 0.29) is 28.7 Å². The molecule has 0 unspecified atom stereocenters. The maximum Gasteiger partial charge on any atom is 0.119 e. The van der Waals surface area contributed by atoms with Crippen molar-refractivity contribution in [1.29, 1.82) is 0 Å². The van der Waals surface area contributed by atoms with Gasteiger partial charge >= 0.3 is 0 Å². The van der Waals surface area contributed by atoms with Gasteiger partial charge in [0.1, 0.15) is 28.7 Å². The fraction of sp³-hybridized carbons (Fsp3) is 0.143. The van der Waals surface area contributed by atoms with E-state index in [0.29, 0.717) is 32.1 Å². The minimum atomic E-state index is 0.164. The summed E-state index contributed by atoms with van der Waals surface area (Å²) in [5, 5.41) is 53.7. The van der Waals surface area contributed by atoms with E-state index in [1.165, 1.54) is 0 Å². The first kappa shape index (κ1) is 25.4. The molecule has 0 aliphatic heterocycles. The van der Waals surface area contributed by atoms with Gasteiger partial charge in [0.25, 0.3) is 0 Å². The molecule has 0 saturated heterocycles. The van der Waals surface area contributed by atoms with Crippen molar-refractivity contribution in [2.24, 2.45) is 0 Å². The van der Waals surface area contributed by atoms with Crippen LogP contribution in [0.5, 0.6) is 28.7 Å². The van der Waals surface area contributed by atoms with Gasteiger partial charge in [-0.1, -0.05) is 60.7 Å². The van der Waals surface area contributed by atoms with Crippen LogP contribution in [0, 0.1) is 0 Å². The zero-order valence-corrected chi connectivity index (χ0v) is 21.9. The van der Waals surface area contributed by atoms with E-state index in [4.69, 9.17) is 0 Å². The Morgan fingerprint density at radius 1 is 0.275 bits per heavy atom. The molecule has 10 bridgehead atoms. The number of hydrogen-bond acceptors (Lipinski definition) is 5. The van der Waals surface area contributed by atoms with Crippen LogP contribution in [0.2, 0.25) is 0 Å². The predicted octanol–water partition coefficient (Wildman–Crippen LogP) is 6.48. The standard InChI is InChI=1S/C35H30O5/c36-31-16-21-1-6-26(31)12-22-3-8-28(33(38)17-22)14-24-5-10-30(35(40)19-24)15-25-4-9-29(34(39)20-25)13-23-2-7-27(11-21)32(37)18-23/h1-10,16-20,36-40H,11-15H2. The molecule has 0 fully saturated rings. The number of rotatable bonds is 0. The smallest absolute Gasteiger partial charge is 0.119 e. The van der Waals surface area contributed by atoms with Crippen LogP contribution in [-0.4, -0.2) is 25.5 Å². The molecule has 5 aromatic rings. The quantitative estimate of drug-likeness (QED) is 0.155. The van der Waals surface area contributed by atoms with Gasteiger partial charge in [-0.3, -0.25) is 0 Å². The second kappa shape index (κ2) is 10.3. The number of phenolic OH excluding ortho intramolecular Hbond substituents is 5. The Hall–Kier alpha value is -4.90. The topological polar surface area (TPSA) is 101 Å². The van der Waals surface area contributed by atoms with Crippen LogP contribution in [0.4, 0.5) is 0 Å². The average Bonchev–Trinajstić information content (AvgIpc) is 2.91. The van der Waals surface area contributed by atoms with Gasteiger partial charge in [0.2, 0.25) is 0 Å².